The van der Waals surface area contributed by atoms with Gasteiger partial charge in [0.05, 0.1) is 12.8 Å². The summed E-state index contributed by atoms with van der Waals surface area (Å²) in [5, 5.41) is 7.67. The highest BCUT2D eigenvalue weighted by Crippen LogP contribution is 2.26. The van der Waals surface area contributed by atoms with E-state index in [1.54, 1.807) is 30.3 Å². The van der Waals surface area contributed by atoms with Gasteiger partial charge in [0, 0.05) is 10.6 Å². The lowest BCUT2D eigenvalue weighted by molar-refractivity contribution is -0.123. The molecule has 8 nitrogen and oxygen atoms in total. The van der Waals surface area contributed by atoms with Crippen LogP contribution in [0.1, 0.15) is 5.56 Å². The van der Waals surface area contributed by atoms with Gasteiger partial charge in [0.2, 0.25) is 0 Å². The van der Waals surface area contributed by atoms with Crippen LogP contribution < -0.4 is 25.4 Å². The predicted molar refractivity (Wildman–Crippen MR) is 115 cm³/mol. The minimum absolute atomic E-state index is 0.0715. The second-order valence-corrected chi connectivity index (χ2v) is 6.86. The van der Waals surface area contributed by atoms with Crippen molar-refractivity contribution >= 4 is 58.4 Å². The van der Waals surface area contributed by atoms with Gasteiger partial charge < -0.3 is 14.8 Å². The summed E-state index contributed by atoms with van der Waals surface area (Å²) >= 11 is 10.8. The van der Waals surface area contributed by atoms with Crippen LogP contribution in [0.15, 0.2) is 48.0 Å². The zero-order valence-corrected chi connectivity index (χ0v) is 17.2. The zero-order chi connectivity index (χ0) is 21.7. The number of carbonyl (C=O) groups excluding carboxylic acids is 3. The molecule has 0 bridgehead atoms. The fourth-order valence-corrected chi connectivity index (χ4v) is 2.97. The van der Waals surface area contributed by atoms with Crippen molar-refractivity contribution in [2.75, 3.05) is 19.0 Å². The number of thiocarbonyl (C=S) groups is 1. The van der Waals surface area contributed by atoms with Crippen LogP contribution in [0.25, 0.3) is 6.08 Å². The summed E-state index contributed by atoms with van der Waals surface area (Å²) in [5.41, 5.74) is 0.675. The number of hydrogen-bond donors (Lipinski definition) is 3. The van der Waals surface area contributed by atoms with E-state index in [4.69, 9.17) is 33.3 Å². The first kappa shape index (κ1) is 21.3. The molecule has 2 aromatic carbocycles. The van der Waals surface area contributed by atoms with Crippen molar-refractivity contribution in [2.24, 2.45) is 0 Å². The van der Waals surface area contributed by atoms with Crippen LogP contribution in [-0.4, -0.2) is 36.6 Å². The van der Waals surface area contributed by atoms with Gasteiger partial charge in [-0.25, -0.2) is 0 Å². The first-order valence-electron chi connectivity index (χ1n) is 8.61. The first-order valence-corrected chi connectivity index (χ1v) is 9.39. The molecule has 0 aromatic heterocycles. The molecule has 1 saturated heterocycles. The minimum Gasteiger partial charge on any atom is -0.495 e. The molecule has 3 N–H and O–H groups in total. The van der Waals surface area contributed by atoms with Gasteiger partial charge in [0.1, 0.15) is 17.1 Å². The molecule has 2 aromatic rings. The highest BCUT2D eigenvalue weighted by molar-refractivity contribution is 7.80. The molecular weight excluding hydrogens is 430 g/mol. The highest BCUT2D eigenvalue weighted by Gasteiger charge is 2.26. The number of ether oxygens (including phenoxy) is 2. The van der Waals surface area contributed by atoms with E-state index in [1.807, 2.05) is 0 Å². The zero-order valence-electron chi connectivity index (χ0n) is 15.7. The van der Waals surface area contributed by atoms with Crippen LogP contribution >= 0.6 is 23.8 Å². The number of carbonyl (C=O) groups is 3. The molecule has 3 amide bonds. The number of rotatable bonds is 6. The Balaban J connectivity index is 1.76. The second kappa shape index (κ2) is 9.38. The quantitative estimate of drug-likeness (QED) is 0.358. The maximum atomic E-state index is 12.3. The smallest absolute Gasteiger partial charge is 0.263 e. The van der Waals surface area contributed by atoms with Crippen molar-refractivity contribution in [3.8, 4) is 11.5 Å². The van der Waals surface area contributed by atoms with Gasteiger partial charge in [-0.2, -0.15) is 0 Å². The van der Waals surface area contributed by atoms with Crippen LogP contribution in [0.3, 0.4) is 0 Å². The summed E-state index contributed by atoms with van der Waals surface area (Å²) < 4.78 is 10.8. The van der Waals surface area contributed by atoms with Crippen LogP contribution in [0, 0.1) is 0 Å². The monoisotopic (exact) mass is 445 g/mol. The number of anilines is 1. The van der Waals surface area contributed by atoms with Crippen molar-refractivity contribution in [1.82, 2.24) is 10.6 Å². The average molecular weight is 446 g/mol. The number of benzene rings is 2. The molecule has 0 radical (unpaired) electrons. The van der Waals surface area contributed by atoms with Crippen LogP contribution in [-0.2, 0) is 14.4 Å². The van der Waals surface area contributed by atoms with Gasteiger partial charge in [-0.3, -0.25) is 25.0 Å². The number of amides is 3. The van der Waals surface area contributed by atoms with E-state index in [0.717, 1.165) is 0 Å². The van der Waals surface area contributed by atoms with Crippen LogP contribution in [0.5, 0.6) is 11.5 Å². The summed E-state index contributed by atoms with van der Waals surface area (Å²) in [6.45, 7) is -0.321. The van der Waals surface area contributed by atoms with Crippen molar-refractivity contribution in [3.05, 3.63) is 58.6 Å². The van der Waals surface area contributed by atoms with E-state index in [0.29, 0.717) is 22.0 Å². The Hall–Kier alpha value is -3.43. The first-order chi connectivity index (χ1) is 14.4. The molecule has 0 aliphatic carbocycles. The molecule has 30 heavy (non-hydrogen) atoms. The summed E-state index contributed by atoms with van der Waals surface area (Å²) in [7, 11) is 1.50. The van der Waals surface area contributed by atoms with Crippen molar-refractivity contribution < 1.29 is 23.9 Å². The fraction of sp³-hybridized carbons (Fsp3) is 0.100. The Morgan fingerprint density at radius 1 is 1.13 bits per heavy atom. The molecule has 1 aliphatic rings. The molecule has 1 fully saturated rings. The Morgan fingerprint density at radius 2 is 1.83 bits per heavy atom. The number of methoxy groups -OCH3 is 1. The Labute approximate surface area is 182 Å². The standard InChI is InChI=1S/C20H16ClN3O5S/c1-28-16-5-3-2-4-14(16)22-17(25)10-29-15-7-6-12(21)8-11(15)9-13-18(26)23-20(30)24-19(13)27/h2-9H,10H2,1H3,(H,22,25)(H2,23,24,26,27,30). The second-order valence-electron chi connectivity index (χ2n) is 6.01. The van der Waals surface area contributed by atoms with Gasteiger partial charge in [-0.05, 0) is 48.6 Å². The molecule has 0 unspecified atom stereocenters. The molecule has 10 heteroatoms. The van der Waals surface area contributed by atoms with E-state index in [-0.39, 0.29) is 23.0 Å². The molecular formula is C20H16ClN3O5S. The normalized spacial score (nSPS) is 13.3. The van der Waals surface area contributed by atoms with E-state index in [9.17, 15) is 14.4 Å². The maximum absolute atomic E-state index is 12.3. The third-order valence-electron chi connectivity index (χ3n) is 3.95. The van der Waals surface area contributed by atoms with Crippen molar-refractivity contribution in [1.29, 1.82) is 0 Å². The molecule has 1 heterocycles. The van der Waals surface area contributed by atoms with Gasteiger partial charge in [-0.15, -0.1) is 0 Å². The van der Waals surface area contributed by atoms with Gasteiger partial charge in [0.15, 0.2) is 11.7 Å². The number of hydrogen-bond acceptors (Lipinski definition) is 6. The third-order valence-corrected chi connectivity index (χ3v) is 4.39. The lowest BCUT2D eigenvalue weighted by atomic mass is 10.1. The molecule has 3 rings (SSSR count). The van der Waals surface area contributed by atoms with E-state index < -0.39 is 17.7 Å². The molecule has 0 spiro atoms. The van der Waals surface area contributed by atoms with E-state index >= 15 is 0 Å². The van der Waals surface area contributed by atoms with Crippen molar-refractivity contribution in [3.63, 3.8) is 0 Å². The predicted octanol–water partition coefficient (Wildman–Crippen LogP) is 2.28. The number of para-hydroxylation sites is 2. The summed E-state index contributed by atoms with van der Waals surface area (Å²) in [6.07, 6.45) is 1.31. The molecule has 1 aliphatic heterocycles. The molecule has 0 saturated carbocycles. The maximum Gasteiger partial charge on any atom is 0.263 e. The van der Waals surface area contributed by atoms with Crippen molar-refractivity contribution in [2.45, 2.75) is 0 Å². The third kappa shape index (κ3) is 5.13. The largest absolute Gasteiger partial charge is 0.495 e. The molecule has 0 atom stereocenters. The van der Waals surface area contributed by atoms with Crippen LogP contribution in [0.4, 0.5) is 5.69 Å². The molecule has 154 valence electrons. The number of halogens is 1. The van der Waals surface area contributed by atoms with Gasteiger partial charge >= 0.3 is 0 Å². The Morgan fingerprint density at radius 3 is 2.53 bits per heavy atom. The minimum atomic E-state index is -0.649. The Kier molecular flexibility index (Phi) is 6.65. The SMILES string of the molecule is COc1ccccc1NC(=O)COc1ccc(Cl)cc1C=C1C(=O)NC(=S)NC1=O. The van der Waals surface area contributed by atoms with E-state index in [2.05, 4.69) is 16.0 Å². The van der Waals surface area contributed by atoms with Gasteiger partial charge in [-0.1, -0.05) is 23.7 Å². The summed E-state index contributed by atoms with van der Waals surface area (Å²) in [4.78, 5) is 36.4. The number of nitrogens with one attached hydrogen (secondary N) is 3. The van der Waals surface area contributed by atoms with Gasteiger partial charge in [0.25, 0.3) is 17.7 Å². The topological polar surface area (TPSA) is 106 Å². The van der Waals surface area contributed by atoms with Crippen LogP contribution in [0.2, 0.25) is 5.02 Å². The fourth-order valence-electron chi connectivity index (χ4n) is 2.60. The summed E-state index contributed by atoms with van der Waals surface area (Å²) in [5.74, 6) is -0.954. The summed E-state index contributed by atoms with van der Waals surface area (Å²) in [6, 6.07) is 11.6. The lowest BCUT2D eigenvalue weighted by Gasteiger charge is -2.17. The van der Waals surface area contributed by atoms with E-state index in [1.165, 1.54) is 25.3 Å². The lowest BCUT2D eigenvalue weighted by Crippen LogP contribution is -2.51. The average Bonchev–Trinajstić information content (AvgIpc) is 2.70. The Bertz CT molecular complexity index is 1050. The highest BCUT2D eigenvalue weighted by atomic mass is 35.5.